The van der Waals surface area contributed by atoms with Gasteiger partial charge in [-0.25, -0.2) is 0 Å². The summed E-state index contributed by atoms with van der Waals surface area (Å²) in [5.74, 6) is 0.105. The van der Waals surface area contributed by atoms with Crippen LogP contribution in [0.2, 0.25) is 10.0 Å². The Kier molecular flexibility index (Phi) is 5.20. The van der Waals surface area contributed by atoms with Crippen LogP contribution < -0.4 is 0 Å². The molecular formula is C16H17Cl2N3O2. The average molecular weight is 354 g/mol. The van der Waals surface area contributed by atoms with E-state index < -0.39 is 0 Å². The highest BCUT2D eigenvalue weighted by molar-refractivity contribution is 6.42. The maximum absolute atomic E-state index is 12.4. The number of nitrogens with zero attached hydrogens (tertiary/aromatic N) is 3. The Morgan fingerprint density at radius 3 is 2.96 bits per heavy atom. The van der Waals surface area contributed by atoms with Gasteiger partial charge in [-0.3, -0.25) is 9.48 Å². The van der Waals surface area contributed by atoms with Crippen molar-refractivity contribution in [2.45, 2.75) is 19.1 Å². The highest BCUT2D eigenvalue weighted by Gasteiger charge is 2.25. The van der Waals surface area contributed by atoms with Crippen LogP contribution in [0.4, 0.5) is 0 Å². The van der Waals surface area contributed by atoms with E-state index in [0.717, 1.165) is 5.56 Å². The quantitative estimate of drug-likeness (QED) is 0.847. The first-order valence-corrected chi connectivity index (χ1v) is 8.21. The number of aromatic nitrogens is 2. The molecule has 1 aliphatic rings. The molecule has 122 valence electrons. The molecule has 2 aromatic rings. The predicted octanol–water partition coefficient (Wildman–Crippen LogP) is 3.18. The number of benzene rings is 1. The fourth-order valence-electron chi connectivity index (χ4n) is 2.59. The normalized spacial score (nSPS) is 18.2. The minimum atomic E-state index is -0.174. The van der Waals surface area contributed by atoms with Gasteiger partial charge in [0.1, 0.15) is 6.10 Å². The molecular weight excluding hydrogens is 337 g/mol. The summed E-state index contributed by atoms with van der Waals surface area (Å²) >= 11 is 12.0. The topological polar surface area (TPSA) is 47.4 Å². The number of rotatable bonds is 4. The van der Waals surface area contributed by atoms with Gasteiger partial charge in [-0.2, -0.15) is 5.10 Å². The van der Waals surface area contributed by atoms with Gasteiger partial charge in [0.05, 0.1) is 23.2 Å². The van der Waals surface area contributed by atoms with Crippen LogP contribution in [0.1, 0.15) is 18.1 Å². The largest absolute Gasteiger partial charge is 0.370 e. The van der Waals surface area contributed by atoms with Gasteiger partial charge in [-0.1, -0.05) is 29.3 Å². The van der Waals surface area contributed by atoms with Crippen LogP contribution in [0.5, 0.6) is 0 Å². The predicted molar refractivity (Wildman–Crippen MR) is 88.6 cm³/mol. The number of carbonyl (C=O) groups is 1. The molecule has 0 bridgehead atoms. The molecule has 2 heterocycles. The standard InChI is InChI=1S/C16H17Cl2N3O2/c17-13-3-2-12(10-14(13)18)15-11-20(8-9-23-15)16(22)4-7-21-6-1-5-19-21/h1-3,5-6,10,15H,4,7-9,11H2. The molecule has 23 heavy (non-hydrogen) atoms. The van der Waals surface area contributed by atoms with Gasteiger partial charge in [-0.05, 0) is 23.8 Å². The minimum absolute atomic E-state index is 0.105. The second-order valence-electron chi connectivity index (χ2n) is 5.39. The van der Waals surface area contributed by atoms with Crippen molar-refractivity contribution in [3.05, 3.63) is 52.3 Å². The van der Waals surface area contributed by atoms with Gasteiger partial charge in [0.15, 0.2) is 0 Å². The Hall–Kier alpha value is -1.56. The Labute approximate surface area is 144 Å². The van der Waals surface area contributed by atoms with Gasteiger partial charge in [0.2, 0.25) is 5.91 Å². The van der Waals surface area contributed by atoms with E-state index in [-0.39, 0.29) is 12.0 Å². The van der Waals surface area contributed by atoms with E-state index >= 15 is 0 Å². The maximum Gasteiger partial charge on any atom is 0.224 e. The van der Waals surface area contributed by atoms with Crippen molar-refractivity contribution in [3.63, 3.8) is 0 Å². The Balaban J connectivity index is 1.60. The fraction of sp³-hybridized carbons (Fsp3) is 0.375. The maximum atomic E-state index is 12.4. The third-order valence-electron chi connectivity index (χ3n) is 3.85. The molecule has 1 saturated heterocycles. The molecule has 1 amide bonds. The molecule has 1 fully saturated rings. The lowest BCUT2D eigenvalue weighted by Gasteiger charge is -2.33. The third-order valence-corrected chi connectivity index (χ3v) is 4.59. The Bertz CT molecular complexity index is 676. The van der Waals surface area contributed by atoms with Crippen molar-refractivity contribution in [2.24, 2.45) is 0 Å². The molecule has 0 radical (unpaired) electrons. The molecule has 1 aliphatic heterocycles. The van der Waals surface area contributed by atoms with Crippen LogP contribution in [0.25, 0.3) is 0 Å². The zero-order chi connectivity index (χ0) is 16.2. The number of amides is 1. The molecule has 1 aromatic carbocycles. The molecule has 1 atom stereocenters. The highest BCUT2D eigenvalue weighted by atomic mass is 35.5. The summed E-state index contributed by atoms with van der Waals surface area (Å²) in [6, 6.07) is 7.28. The van der Waals surface area contributed by atoms with Crippen LogP contribution in [-0.4, -0.2) is 40.3 Å². The summed E-state index contributed by atoms with van der Waals surface area (Å²) in [6.45, 7) is 2.23. The smallest absolute Gasteiger partial charge is 0.224 e. The summed E-state index contributed by atoms with van der Waals surface area (Å²) in [6.07, 6.45) is 3.81. The molecule has 3 rings (SSSR count). The van der Waals surface area contributed by atoms with Crippen molar-refractivity contribution >= 4 is 29.1 Å². The molecule has 7 heteroatoms. The summed E-state index contributed by atoms with van der Waals surface area (Å²) < 4.78 is 7.54. The van der Waals surface area contributed by atoms with Crippen molar-refractivity contribution in [1.82, 2.24) is 14.7 Å². The number of ether oxygens (including phenoxy) is 1. The van der Waals surface area contributed by atoms with Crippen LogP contribution in [0.15, 0.2) is 36.7 Å². The summed E-state index contributed by atoms with van der Waals surface area (Å²) in [4.78, 5) is 14.2. The van der Waals surface area contributed by atoms with E-state index in [0.29, 0.717) is 42.7 Å². The lowest BCUT2D eigenvalue weighted by molar-refractivity contribution is -0.139. The number of morpholine rings is 1. The fourth-order valence-corrected chi connectivity index (χ4v) is 2.90. The Morgan fingerprint density at radius 2 is 2.22 bits per heavy atom. The molecule has 0 spiro atoms. The van der Waals surface area contributed by atoms with E-state index in [1.165, 1.54) is 0 Å². The second kappa shape index (κ2) is 7.34. The minimum Gasteiger partial charge on any atom is -0.370 e. The average Bonchev–Trinajstić information content (AvgIpc) is 3.09. The second-order valence-corrected chi connectivity index (χ2v) is 6.21. The molecule has 1 aromatic heterocycles. The zero-order valence-corrected chi connectivity index (χ0v) is 14.0. The first kappa shape index (κ1) is 16.3. The van der Waals surface area contributed by atoms with Crippen molar-refractivity contribution in [3.8, 4) is 0 Å². The van der Waals surface area contributed by atoms with Gasteiger partial charge in [-0.15, -0.1) is 0 Å². The monoisotopic (exact) mass is 353 g/mol. The van der Waals surface area contributed by atoms with E-state index in [9.17, 15) is 4.79 Å². The lowest BCUT2D eigenvalue weighted by atomic mass is 10.1. The zero-order valence-electron chi connectivity index (χ0n) is 12.5. The molecule has 0 saturated carbocycles. The van der Waals surface area contributed by atoms with E-state index in [4.69, 9.17) is 27.9 Å². The first-order valence-electron chi connectivity index (χ1n) is 7.45. The number of hydrogen-bond acceptors (Lipinski definition) is 3. The number of carbonyl (C=O) groups excluding carboxylic acids is 1. The van der Waals surface area contributed by atoms with Crippen LogP contribution in [0.3, 0.4) is 0 Å². The van der Waals surface area contributed by atoms with Crippen LogP contribution in [0, 0.1) is 0 Å². The SMILES string of the molecule is O=C(CCn1cccn1)N1CCOC(c2ccc(Cl)c(Cl)c2)C1. The van der Waals surface area contributed by atoms with Crippen molar-refractivity contribution in [1.29, 1.82) is 0 Å². The van der Waals surface area contributed by atoms with Gasteiger partial charge in [0, 0.05) is 31.9 Å². The van der Waals surface area contributed by atoms with Gasteiger partial charge in [0.25, 0.3) is 0 Å². The number of hydrogen-bond donors (Lipinski definition) is 0. The van der Waals surface area contributed by atoms with E-state index in [1.54, 1.807) is 23.0 Å². The summed E-state index contributed by atoms with van der Waals surface area (Å²) in [7, 11) is 0. The van der Waals surface area contributed by atoms with Gasteiger partial charge < -0.3 is 9.64 Å². The summed E-state index contributed by atoms with van der Waals surface area (Å²) in [5.41, 5.74) is 0.934. The molecule has 1 unspecified atom stereocenters. The molecule has 0 aliphatic carbocycles. The molecule has 0 N–H and O–H groups in total. The van der Waals surface area contributed by atoms with E-state index in [2.05, 4.69) is 5.10 Å². The Morgan fingerprint density at radius 1 is 1.35 bits per heavy atom. The lowest BCUT2D eigenvalue weighted by Crippen LogP contribution is -2.42. The van der Waals surface area contributed by atoms with Gasteiger partial charge >= 0.3 is 0 Å². The third kappa shape index (κ3) is 4.05. The number of halogens is 2. The van der Waals surface area contributed by atoms with Crippen LogP contribution >= 0.6 is 23.2 Å². The van der Waals surface area contributed by atoms with E-state index in [1.807, 2.05) is 23.2 Å². The van der Waals surface area contributed by atoms with Crippen LogP contribution in [-0.2, 0) is 16.1 Å². The van der Waals surface area contributed by atoms with Crippen molar-refractivity contribution in [2.75, 3.05) is 19.7 Å². The van der Waals surface area contributed by atoms with Crippen molar-refractivity contribution < 1.29 is 9.53 Å². The molecule has 5 nitrogen and oxygen atoms in total. The summed E-state index contributed by atoms with van der Waals surface area (Å²) in [5, 5.41) is 5.12. The first-order chi connectivity index (χ1) is 11.1. The number of aryl methyl sites for hydroxylation is 1. The highest BCUT2D eigenvalue weighted by Crippen LogP contribution is 2.29.